The molecule has 0 bridgehead atoms. The monoisotopic (exact) mass is 337 g/mol. The second kappa shape index (κ2) is 7.41. The molecule has 0 heterocycles. The van der Waals surface area contributed by atoms with Gasteiger partial charge in [-0.1, -0.05) is 34.1 Å². The lowest BCUT2D eigenvalue weighted by Gasteiger charge is -2.16. The molecular formula is C16H17BrFNO. The zero-order chi connectivity index (χ0) is 14.4. The van der Waals surface area contributed by atoms with E-state index >= 15 is 0 Å². The van der Waals surface area contributed by atoms with Gasteiger partial charge in [-0.15, -0.1) is 0 Å². The third kappa shape index (κ3) is 4.05. The quantitative estimate of drug-likeness (QED) is 0.861. The van der Waals surface area contributed by atoms with E-state index in [-0.39, 0.29) is 11.7 Å². The van der Waals surface area contributed by atoms with Crippen LogP contribution in [-0.4, -0.2) is 13.2 Å². The second-order valence-electron chi connectivity index (χ2n) is 4.55. The van der Waals surface area contributed by atoms with Crippen LogP contribution in [0.1, 0.15) is 17.9 Å². The molecule has 1 atom stereocenters. The summed E-state index contributed by atoms with van der Waals surface area (Å²) in [4.78, 5) is 0. The molecule has 0 saturated carbocycles. The summed E-state index contributed by atoms with van der Waals surface area (Å²) in [7, 11) is 0. The van der Waals surface area contributed by atoms with Crippen LogP contribution in [0.2, 0.25) is 0 Å². The topological polar surface area (TPSA) is 35.2 Å². The first kappa shape index (κ1) is 15.0. The van der Waals surface area contributed by atoms with Crippen LogP contribution in [0.15, 0.2) is 53.0 Å². The Balaban J connectivity index is 1.91. The molecule has 0 radical (unpaired) electrons. The predicted octanol–water partition coefficient (Wildman–Crippen LogP) is 4.10. The van der Waals surface area contributed by atoms with Gasteiger partial charge in [-0.2, -0.15) is 0 Å². The molecule has 0 aliphatic rings. The van der Waals surface area contributed by atoms with Crippen molar-refractivity contribution in [3.8, 4) is 5.75 Å². The summed E-state index contributed by atoms with van der Waals surface area (Å²) in [5.74, 6) is 0.579. The highest BCUT2D eigenvalue weighted by molar-refractivity contribution is 9.10. The number of hydrogen-bond donors (Lipinski definition) is 1. The molecular weight excluding hydrogens is 321 g/mol. The van der Waals surface area contributed by atoms with Gasteiger partial charge >= 0.3 is 0 Å². The van der Waals surface area contributed by atoms with E-state index in [0.29, 0.717) is 25.1 Å². The molecule has 2 aromatic rings. The normalized spacial score (nSPS) is 12.2. The van der Waals surface area contributed by atoms with Crippen molar-refractivity contribution < 1.29 is 9.13 Å². The highest BCUT2D eigenvalue weighted by Gasteiger charge is 2.13. The lowest BCUT2D eigenvalue weighted by molar-refractivity contribution is 0.297. The van der Waals surface area contributed by atoms with Gasteiger partial charge in [0, 0.05) is 10.4 Å². The Labute approximate surface area is 126 Å². The summed E-state index contributed by atoms with van der Waals surface area (Å²) in [6.07, 6.45) is 0.688. The maximum atomic E-state index is 13.7. The number of rotatable bonds is 6. The fourth-order valence-electron chi connectivity index (χ4n) is 2.06. The summed E-state index contributed by atoms with van der Waals surface area (Å²) < 4.78 is 20.4. The smallest absolute Gasteiger partial charge is 0.126 e. The summed E-state index contributed by atoms with van der Waals surface area (Å²) >= 11 is 3.37. The minimum Gasteiger partial charge on any atom is -0.494 e. The lowest BCUT2D eigenvalue weighted by atomic mass is 9.96. The lowest BCUT2D eigenvalue weighted by Crippen LogP contribution is -2.16. The van der Waals surface area contributed by atoms with Gasteiger partial charge in [0.2, 0.25) is 0 Å². The fourth-order valence-corrected chi connectivity index (χ4v) is 2.32. The second-order valence-corrected chi connectivity index (χ2v) is 5.46. The van der Waals surface area contributed by atoms with Crippen LogP contribution in [0.25, 0.3) is 0 Å². The van der Waals surface area contributed by atoms with E-state index in [0.717, 1.165) is 10.2 Å². The van der Waals surface area contributed by atoms with E-state index in [1.165, 1.54) is 6.07 Å². The highest BCUT2D eigenvalue weighted by atomic mass is 79.9. The average molecular weight is 338 g/mol. The molecule has 0 amide bonds. The molecule has 0 aliphatic heterocycles. The van der Waals surface area contributed by atoms with E-state index in [1.54, 1.807) is 12.1 Å². The summed E-state index contributed by atoms with van der Waals surface area (Å²) in [5.41, 5.74) is 6.41. The highest BCUT2D eigenvalue weighted by Crippen LogP contribution is 2.22. The van der Waals surface area contributed by atoms with Crippen molar-refractivity contribution in [2.45, 2.75) is 12.3 Å². The van der Waals surface area contributed by atoms with Gasteiger partial charge in [-0.3, -0.25) is 0 Å². The first-order valence-electron chi connectivity index (χ1n) is 6.53. The first-order valence-corrected chi connectivity index (χ1v) is 7.33. The van der Waals surface area contributed by atoms with Crippen molar-refractivity contribution in [1.29, 1.82) is 0 Å². The van der Waals surface area contributed by atoms with Crippen LogP contribution in [0.5, 0.6) is 5.75 Å². The molecule has 2 aromatic carbocycles. The van der Waals surface area contributed by atoms with E-state index in [9.17, 15) is 4.39 Å². The molecule has 4 heteroatoms. The molecule has 2 nitrogen and oxygen atoms in total. The summed E-state index contributed by atoms with van der Waals surface area (Å²) in [6.45, 7) is 0.919. The Morgan fingerprint density at radius 2 is 1.80 bits per heavy atom. The molecule has 0 fully saturated rings. The van der Waals surface area contributed by atoms with Gasteiger partial charge in [0.05, 0.1) is 6.61 Å². The standard InChI is InChI=1S/C16H17BrFNO/c17-13-5-7-14(8-6-13)20-10-9-12(11-19)15-3-1-2-4-16(15)18/h1-8,12H,9-11,19H2. The van der Waals surface area contributed by atoms with Gasteiger partial charge in [-0.05, 0) is 48.9 Å². The number of benzene rings is 2. The maximum Gasteiger partial charge on any atom is 0.126 e. The van der Waals surface area contributed by atoms with Crippen LogP contribution >= 0.6 is 15.9 Å². The van der Waals surface area contributed by atoms with Crippen molar-refractivity contribution >= 4 is 15.9 Å². The zero-order valence-electron chi connectivity index (χ0n) is 11.1. The molecule has 20 heavy (non-hydrogen) atoms. The van der Waals surface area contributed by atoms with Gasteiger partial charge in [0.15, 0.2) is 0 Å². The van der Waals surface area contributed by atoms with Crippen molar-refractivity contribution in [3.63, 3.8) is 0 Å². The predicted molar refractivity (Wildman–Crippen MR) is 82.4 cm³/mol. The molecule has 106 valence electrons. The van der Waals surface area contributed by atoms with Gasteiger partial charge in [0.25, 0.3) is 0 Å². The molecule has 0 saturated heterocycles. The van der Waals surface area contributed by atoms with E-state index in [2.05, 4.69) is 15.9 Å². The Kier molecular flexibility index (Phi) is 5.56. The van der Waals surface area contributed by atoms with Crippen LogP contribution in [-0.2, 0) is 0 Å². The Hall–Kier alpha value is -1.39. The Morgan fingerprint density at radius 3 is 2.45 bits per heavy atom. The Morgan fingerprint density at radius 1 is 1.10 bits per heavy atom. The summed E-state index contributed by atoms with van der Waals surface area (Å²) in [6, 6.07) is 14.4. The third-order valence-corrected chi connectivity index (χ3v) is 3.71. The number of ether oxygens (including phenoxy) is 1. The van der Waals surface area contributed by atoms with E-state index in [1.807, 2.05) is 30.3 Å². The van der Waals surface area contributed by atoms with Gasteiger partial charge in [0.1, 0.15) is 11.6 Å². The van der Waals surface area contributed by atoms with Crippen LogP contribution < -0.4 is 10.5 Å². The number of halogens is 2. The van der Waals surface area contributed by atoms with Crippen molar-refractivity contribution in [2.24, 2.45) is 5.73 Å². The summed E-state index contributed by atoms with van der Waals surface area (Å²) in [5, 5.41) is 0. The van der Waals surface area contributed by atoms with E-state index < -0.39 is 0 Å². The number of nitrogens with two attached hydrogens (primary N) is 1. The molecule has 0 spiro atoms. The van der Waals surface area contributed by atoms with Crippen LogP contribution in [0.3, 0.4) is 0 Å². The molecule has 0 aromatic heterocycles. The maximum absolute atomic E-state index is 13.7. The average Bonchev–Trinajstić information content (AvgIpc) is 2.47. The van der Waals surface area contributed by atoms with Crippen molar-refractivity contribution in [3.05, 3.63) is 64.4 Å². The van der Waals surface area contributed by atoms with Crippen molar-refractivity contribution in [1.82, 2.24) is 0 Å². The van der Waals surface area contributed by atoms with Crippen LogP contribution in [0.4, 0.5) is 4.39 Å². The molecule has 0 aliphatic carbocycles. The largest absolute Gasteiger partial charge is 0.494 e. The minimum absolute atomic E-state index is 0.0216. The minimum atomic E-state index is -0.202. The number of hydrogen-bond acceptors (Lipinski definition) is 2. The van der Waals surface area contributed by atoms with Crippen molar-refractivity contribution in [2.75, 3.05) is 13.2 Å². The fraction of sp³-hybridized carbons (Fsp3) is 0.250. The molecule has 2 N–H and O–H groups in total. The van der Waals surface area contributed by atoms with Gasteiger partial charge in [-0.25, -0.2) is 4.39 Å². The SMILES string of the molecule is NCC(CCOc1ccc(Br)cc1)c1ccccc1F. The van der Waals surface area contributed by atoms with Crippen LogP contribution in [0, 0.1) is 5.82 Å². The first-order chi connectivity index (χ1) is 9.70. The zero-order valence-corrected chi connectivity index (χ0v) is 12.6. The third-order valence-electron chi connectivity index (χ3n) is 3.18. The van der Waals surface area contributed by atoms with Gasteiger partial charge < -0.3 is 10.5 Å². The van der Waals surface area contributed by atoms with E-state index in [4.69, 9.17) is 10.5 Å². The molecule has 1 unspecified atom stereocenters. The Bertz CT molecular complexity index is 544. The molecule has 2 rings (SSSR count).